The highest BCUT2D eigenvalue weighted by Crippen LogP contribution is 2.29. The predicted octanol–water partition coefficient (Wildman–Crippen LogP) is 3.84. The third-order valence-electron chi connectivity index (χ3n) is 2.89. The van der Waals surface area contributed by atoms with E-state index < -0.39 is 5.91 Å². The Balaban J connectivity index is 2.04. The average molecular weight is 545 g/mol. The van der Waals surface area contributed by atoms with Crippen LogP contribution in [0.2, 0.25) is 0 Å². The molecule has 2 aromatic rings. The Morgan fingerprint density at radius 3 is 2.54 bits per heavy atom. The third-order valence-corrected chi connectivity index (χ3v) is 4.49. The van der Waals surface area contributed by atoms with Crippen LogP contribution in [-0.2, 0) is 11.4 Å². The van der Waals surface area contributed by atoms with Gasteiger partial charge < -0.3 is 4.74 Å². The van der Waals surface area contributed by atoms with E-state index in [2.05, 4.69) is 55.7 Å². The normalized spacial score (nSPS) is 10.4. The van der Waals surface area contributed by atoms with E-state index in [1.54, 1.807) is 12.3 Å². The molecule has 0 fully saturated rings. The van der Waals surface area contributed by atoms with Crippen LogP contribution >= 0.6 is 45.2 Å². The lowest BCUT2D eigenvalue weighted by molar-refractivity contribution is -0.120. The van der Waals surface area contributed by atoms with Gasteiger partial charge >= 0.3 is 0 Å². The van der Waals surface area contributed by atoms with Crippen LogP contribution in [0.15, 0.2) is 47.6 Å². The van der Waals surface area contributed by atoms with Crippen molar-refractivity contribution in [3.05, 3.63) is 60.7 Å². The van der Waals surface area contributed by atoms with E-state index in [-0.39, 0.29) is 6.42 Å². The number of ether oxygens (including phenoxy) is 1. The fraction of sp³-hybridized carbons (Fsp3) is 0.118. The van der Waals surface area contributed by atoms with E-state index in [9.17, 15) is 4.79 Å². The first-order valence-corrected chi connectivity index (χ1v) is 9.10. The summed E-state index contributed by atoms with van der Waals surface area (Å²) in [7, 11) is 0. The maximum absolute atomic E-state index is 11.2. The first-order valence-electron chi connectivity index (χ1n) is 6.95. The van der Waals surface area contributed by atoms with E-state index in [1.165, 1.54) is 0 Å². The van der Waals surface area contributed by atoms with E-state index in [1.807, 2.05) is 42.5 Å². The minimum absolute atomic E-state index is 0.210. The molecule has 0 saturated heterocycles. The maximum Gasteiger partial charge on any atom is 0.254 e. The molecule has 24 heavy (non-hydrogen) atoms. The van der Waals surface area contributed by atoms with Crippen LogP contribution in [0.4, 0.5) is 0 Å². The number of rotatable bonds is 6. The second kappa shape index (κ2) is 9.58. The maximum atomic E-state index is 11.2. The average Bonchev–Trinajstić information content (AvgIpc) is 2.55. The number of carbonyl (C=O) groups is 1. The number of nitrogens with one attached hydrogen (secondary N) is 1. The Bertz CT molecular complexity index is 763. The molecule has 0 unspecified atom stereocenters. The fourth-order valence-electron chi connectivity index (χ4n) is 1.81. The van der Waals surface area contributed by atoms with Crippen LogP contribution in [0.25, 0.3) is 0 Å². The number of nitriles is 1. The number of hydrogen-bond acceptors (Lipinski definition) is 4. The Morgan fingerprint density at radius 1 is 1.25 bits per heavy atom. The topological polar surface area (TPSA) is 74.5 Å². The summed E-state index contributed by atoms with van der Waals surface area (Å²) in [5.74, 6) is 0.395. The van der Waals surface area contributed by atoms with Gasteiger partial charge in [0, 0.05) is 0 Å². The number of amides is 1. The number of carbonyl (C=O) groups excluding carboxylic acids is 1. The van der Waals surface area contributed by atoms with Crippen LogP contribution in [0.5, 0.6) is 5.75 Å². The minimum Gasteiger partial charge on any atom is -0.487 e. The van der Waals surface area contributed by atoms with Crippen LogP contribution in [-0.4, -0.2) is 12.1 Å². The van der Waals surface area contributed by atoms with Gasteiger partial charge in [-0.15, -0.1) is 0 Å². The Morgan fingerprint density at radius 2 is 1.92 bits per heavy atom. The first kappa shape index (κ1) is 18.7. The van der Waals surface area contributed by atoms with Gasteiger partial charge in [0.15, 0.2) is 0 Å². The lowest BCUT2D eigenvalue weighted by Gasteiger charge is -2.11. The quantitative estimate of drug-likeness (QED) is 0.341. The number of hydrogen-bond donors (Lipinski definition) is 1. The van der Waals surface area contributed by atoms with Crippen molar-refractivity contribution < 1.29 is 9.53 Å². The molecule has 122 valence electrons. The minimum atomic E-state index is -0.430. The Labute approximate surface area is 167 Å². The zero-order chi connectivity index (χ0) is 17.4. The Kier molecular flexibility index (Phi) is 7.45. The van der Waals surface area contributed by atoms with Gasteiger partial charge in [0.2, 0.25) is 0 Å². The molecule has 0 aromatic heterocycles. The van der Waals surface area contributed by atoms with Gasteiger partial charge in [-0.1, -0.05) is 30.3 Å². The van der Waals surface area contributed by atoms with E-state index in [0.29, 0.717) is 6.61 Å². The monoisotopic (exact) mass is 545 g/mol. The molecule has 2 aromatic carbocycles. The van der Waals surface area contributed by atoms with Crippen molar-refractivity contribution in [1.82, 2.24) is 5.43 Å². The fourth-order valence-corrected chi connectivity index (χ4v) is 3.94. The molecule has 2 rings (SSSR count). The lowest BCUT2D eigenvalue weighted by atomic mass is 10.2. The van der Waals surface area contributed by atoms with Gasteiger partial charge in [0.05, 0.1) is 19.4 Å². The van der Waals surface area contributed by atoms with Gasteiger partial charge in [-0.25, -0.2) is 5.43 Å². The van der Waals surface area contributed by atoms with Crippen LogP contribution < -0.4 is 10.2 Å². The number of nitrogens with zero attached hydrogens (tertiary/aromatic N) is 2. The highest BCUT2D eigenvalue weighted by molar-refractivity contribution is 14.1. The summed E-state index contributed by atoms with van der Waals surface area (Å²) in [6.07, 6.45) is 1.33. The Hall–Kier alpha value is -1.67. The van der Waals surface area contributed by atoms with Gasteiger partial charge in [0.25, 0.3) is 5.91 Å². The highest BCUT2D eigenvalue weighted by Gasteiger charge is 2.09. The van der Waals surface area contributed by atoms with Gasteiger partial charge in [-0.05, 0) is 68.4 Å². The van der Waals surface area contributed by atoms with Gasteiger partial charge in [-0.3, -0.25) is 4.79 Å². The van der Waals surface area contributed by atoms with Crippen molar-refractivity contribution in [2.24, 2.45) is 5.10 Å². The van der Waals surface area contributed by atoms with E-state index >= 15 is 0 Å². The van der Waals surface area contributed by atoms with Crippen LogP contribution in [0.3, 0.4) is 0 Å². The number of halogens is 2. The summed E-state index contributed by atoms with van der Waals surface area (Å²) in [4.78, 5) is 11.2. The second-order valence-corrected chi connectivity index (χ2v) is 7.04. The van der Waals surface area contributed by atoms with Crippen molar-refractivity contribution in [2.45, 2.75) is 13.0 Å². The van der Waals surface area contributed by atoms with E-state index in [4.69, 9.17) is 10.00 Å². The molecule has 0 atom stereocenters. The summed E-state index contributed by atoms with van der Waals surface area (Å²) in [5, 5.41) is 12.3. The molecule has 0 radical (unpaired) electrons. The van der Waals surface area contributed by atoms with Gasteiger partial charge in [0.1, 0.15) is 18.8 Å². The summed E-state index contributed by atoms with van der Waals surface area (Å²) < 4.78 is 7.84. The highest BCUT2D eigenvalue weighted by atomic mass is 127. The van der Waals surface area contributed by atoms with Crippen molar-refractivity contribution in [3.63, 3.8) is 0 Å². The third kappa shape index (κ3) is 5.76. The van der Waals surface area contributed by atoms with Crippen LogP contribution in [0.1, 0.15) is 17.5 Å². The molecule has 0 bridgehead atoms. The molecule has 0 aliphatic heterocycles. The van der Waals surface area contributed by atoms with Crippen molar-refractivity contribution >= 4 is 57.3 Å². The molecule has 5 nitrogen and oxygen atoms in total. The lowest BCUT2D eigenvalue weighted by Crippen LogP contribution is -2.16. The smallest absolute Gasteiger partial charge is 0.254 e. The standard InChI is InChI=1S/C17H13I2N3O2/c18-14-8-13(10-21-22-16(23)6-7-20)9-15(19)17(14)24-11-12-4-2-1-3-5-12/h1-5,8-10H,6,11H2,(H,22,23). The molecule has 0 aliphatic rings. The largest absolute Gasteiger partial charge is 0.487 e. The van der Waals surface area contributed by atoms with Crippen molar-refractivity contribution in [1.29, 1.82) is 5.26 Å². The summed E-state index contributed by atoms with van der Waals surface area (Å²) in [5.41, 5.74) is 4.25. The molecular formula is C17H13I2N3O2. The SMILES string of the molecule is N#CCC(=O)NN=Cc1cc(I)c(OCc2ccccc2)c(I)c1. The molecule has 0 saturated carbocycles. The molecule has 1 N–H and O–H groups in total. The zero-order valence-electron chi connectivity index (χ0n) is 12.5. The molecule has 0 heterocycles. The predicted molar refractivity (Wildman–Crippen MR) is 109 cm³/mol. The van der Waals surface area contributed by atoms with Gasteiger partial charge in [-0.2, -0.15) is 10.4 Å². The molecule has 7 heteroatoms. The van der Waals surface area contributed by atoms with Crippen molar-refractivity contribution in [3.8, 4) is 11.8 Å². The summed E-state index contributed by atoms with van der Waals surface area (Å²) >= 11 is 4.42. The number of hydrazone groups is 1. The molecular weight excluding hydrogens is 532 g/mol. The molecule has 0 aliphatic carbocycles. The number of benzene rings is 2. The second-order valence-electron chi connectivity index (χ2n) is 4.72. The van der Waals surface area contributed by atoms with Crippen molar-refractivity contribution in [2.75, 3.05) is 0 Å². The molecule has 1 amide bonds. The van der Waals surface area contributed by atoms with Crippen LogP contribution in [0, 0.1) is 18.5 Å². The molecule has 0 spiro atoms. The zero-order valence-corrected chi connectivity index (χ0v) is 16.8. The first-order chi connectivity index (χ1) is 11.6. The summed E-state index contributed by atoms with van der Waals surface area (Å²) in [6, 6.07) is 15.6. The summed E-state index contributed by atoms with van der Waals surface area (Å²) in [6.45, 7) is 0.504. The van der Waals surface area contributed by atoms with E-state index in [0.717, 1.165) is 24.0 Å².